The molecular formula is C12H12O2S. The van der Waals surface area contributed by atoms with Gasteiger partial charge in [-0.2, -0.15) is 11.3 Å². The Hall–Kier alpha value is -1.35. The molecule has 1 aromatic heterocycles. The van der Waals surface area contributed by atoms with E-state index in [1.165, 1.54) is 5.56 Å². The second kappa shape index (κ2) is 4.94. The van der Waals surface area contributed by atoms with E-state index in [1.807, 2.05) is 35.8 Å². The zero-order valence-electron chi connectivity index (χ0n) is 8.26. The Morgan fingerprint density at radius 3 is 2.87 bits per heavy atom. The van der Waals surface area contributed by atoms with Gasteiger partial charge in [0.15, 0.2) is 0 Å². The van der Waals surface area contributed by atoms with Crippen molar-refractivity contribution in [1.29, 1.82) is 0 Å². The molecule has 0 atom stereocenters. The van der Waals surface area contributed by atoms with Gasteiger partial charge in [-0.25, -0.2) is 0 Å². The molecule has 0 saturated carbocycles. The van der Waals surface area contributed by atoms with E-state index in [-0.39, 0.29) is 11.9 Å². The summed E-state index contributed by atoms with van der Waals surface area (Å²) in [5.41, 5.74) is 1.23. The van der Waals surface area contributed by atoms with Gasteiger partial charge in [0.1, 0.15) is 0 Å². The maximum absolute atomic E-state index is 11.5. The summed E-state index contributed by atoms with van der Waals surface area (Å²) in [5, 5.41) is 4.10. The summed E-state index contributed by atoms with van der Waals surface area (Å²) in [6, 6.07) is 2.05. The maximum Gasteiger partial charge on any atom is 0.316 e. The van der Waals surface area contributed by atoms with E-state index in [2.05, 4.69) is 5.38 Å². The van der Waals surface area contributed by atoms with Crippen molar-refractivity contribution in [3.63, 3.8) is 0 Å². The first kappa shape index (κ1) is 10.2. The van der Waals surface area contributed by atoms with Crippen molar-refractivity contribution in [2.75, 3.05) is 6.61 Å². The van der Waals surface area contributed by atoms with Crippen LogP contribution in [0, 0.1) is 5.92 Å². The Balaban J connectivity index is 1.72. The smallest absolute Gasteiger partial charge is 0.316 e. The standard InChI is InChI=1S/C12H12O2S/c13-12(11-3-1-2-4-11)14-7-5-10-6-8-15-9-10/h1-4,6,8-9,11H,5,7H2. The highest BCUT2D eigenvalue weighted by atomic mass is 32.1. The largest absolute Gasteiger partial charge is 0.465 e. The van der Waals surface area contributed by atoms with Crippen LogP contribution in [0.3, 0.4) is 0 Å². The van der Waals surface area contributed by atoms with Gasteiger partial charge in [0.25, 0.3) is 0 Å². The van der Waals surface area contributed by atoms with Crippen LogP contribution in [0.2, 0.25) is 0 Å². The van der Waals surface area contributed by atoms with Crippen LogP contribution in [0.25, 0.3) is 0 Å². The summed E-state index contributed by atoms with van der Waals surface area (Å²) in [6.45, 7) is 0.466. The van der Waals surface area contributed by atoms with E-state index in [1.54, 1.807) is 11.3 Å². The molecule has 0 fully saturated rings. The molecule has 0 unspecified atom stereocenters. The lowest BCUT2D eigenvalue weighted by Gasteiger charge is -2.06. The van der Waals surface area contributed by atoms with Gasteiger partial charge in [0.2, 0.25) is 0 Å². The van der Waals surface area contributed by atoms with Crippen molar-refractivity contribution >= 4 is 17.3 Å². The van der Waals surface area contributed by atoms with Crippen LogP contribution in [0.1, 0.15) is 5.56 Å². The third kappa shape index (κ3) is 2.80. The number of esters is 1. The number of ether oxygens (including phenoxy) is 1. The average molecular weight is 220 g/mol. The molecule has 1 heterocycles. The molecule has 0 aromatic carbocycles. The first-order chi connectivity index (χ1) is 7.36. The molecule has 0 bridgehead atoms. The second-order valence-electron chi connectivity index (χ2n) is 3.34. The summed E-state index contributed by atoms with van der Waals surface area (Å²) in [4.78, 5) is 11.5. The Labute approximate surface area is 92.9 Å². The van der Waals surface area contributed by atoms with Gasteiger partial charge in [-0.3, -0.25) is 4.79 Å². The van der Waals surface area contributed by atoms with E-state index in [4.69, 9.17) is 4.74 Å². The van der Waals surface area contributed by atoms with Gasteiger partial charge < -0.3 is 4.74 Å². The SMILES string of the molecule is O=C(OCCc1ccsc1)C1C=CC=C1. The highest BCUT2D eigenvalue weighted by molar-refractivity contribution is 7.07. The molecule has 1 aliphatic carbocycles. The van der Waals surface area contributed by atoms with Crippen molar-refractivity contribution in [3.05, 3.63) is 46.7 Å². The summed E-state index contributed by atoms with van der Waals surface area (Å²) < 4.78 is 5.16. The number of allylic oxidation sites excluding steroid dienone is 2. The fourth-order valence-corrected chi connectivity index (χ4v) is 2.09. The molecule has 2 nitrogen and oxygen atoms in total. The Morgan fingerprint density at radius 1 is 1.40 bits per heavy atom. The molecule has 78 valence electrons. The average Bonchev–Trinajstić information content (AvgIpc) is 2.90. The lowest BCUT2D eigenvalue weighted by Crippen LogP contribution is -2.14. The zero-order chi connectivity index (χ0) is 10.5. The molecule has 15 heavy (non-hydrogen) atoms. The fraction of sp³-hybridized carbons (Fsp3) is 0.250. The molecule has 0 amide bonds. The van der Waals surface area contributed by atoms with E-state index >= 15 is 0 Å². The summed E-state index contributed by atoms with van der Waals surface area (Å²) in [6.07, 6.45) is 8.21. The van der Waals surface area contributed by atoms with Gasteiger partial charge in [-0.1, -0.05) is 24.3 Å². The predicted octanol–water partition coefficient (Wildman–Crippen LogP) is 2.58. The second-order valence-corrected chi connectivity index (χ2v) is 4.12. The summed E-state index contributed by atoms with van der Waals surface area (Å²) in [7, 11) is 0. The minimum Gasteiger partial charge on any atom is -0.465 e. The maximum atomic E-state index is 11.5. The summed E-state index contributed by atoms with van der Waals surface area (Å²) in [5.74, 6) is -0.331. The molecule has 1 aromatic rings. The number of carbonyl (C=O) groups excluding carboxylic acids is 1. The lowest BCUT2D eigenvalue weighted by atomic mass is 10.2. The Kier molecular flexibility index (Phi) is 3.35. The zero-order valence-corrected chi connectivity index (χ0v) is 9.07. The van der Waals surface area contributed by atoms with Crippen LogP contribution in [-0.4, -0.2) is 12.6 Å². The van der Waals surface area contributed by atoms with Crippen LogP contribution >= 0.6 is 11.3 Å². The number of hydrogen-bond acceptors (Lipinski definition) is 3. The minimum absolute atomic E-state index is 0.157. The molecule has 3 heteroatoms. The number of carbonyl (C=O) groups is 1. The van der Waals surface area contributed by atoms with Gasteiger partial charge in [0.05, 0.1) is 12.5 Å². The van der Waals surface area contributed by atoms with Crippen LogP contribution < -0.4 is 0 Å². The lowest BCUT2D eigenvalue weighted by molar-refractivity contribution is -0.145. The molecule has 0 saturated heterocycles. The molecule has 0 spiro atoms. The Bertz CT molecular complexity index is 364. The number of hydrogen-bond donors (Lipinski definition) is 0. The van der Waals surface area contributed by atoms with Crippen LogP contribution in [0.15, 0.2) is 41.1 Å². The molecule has 0 aliphatic heterocycles. The van der Waals surface area contributed by atoms with E-state index in [0.717, 1.165) is 6.42 Å². The number of rotatable bonds is 4. The third-order valence-electron chi connectivity index (χ3n) is 2.24. The molecule has 2 rings (SSSR count). The first-order valence-corrected chi connectivity index (χ1v) is 5.83. The van der Waals surface area contributed by atoms with Crippen LogP contribution in [0.5, 0.6) is 0 Å². The van der Waals surface area contributed by atoms with Crippen molar-refractivity contribution in [1.82, 2.24) is 0 Å². The Morgan fingerprint density at radius 2 is 2.20 bits per heavy atom. The third-order valence-corrected chi connectivity index (χ3v) is 2.97. The van der Waals surface area contributed by atoms with E-state index in [9.17, 15) is 4.79 Å². The minimum atomic E-state index is -0.174. The van der Waals surface area contributed by atoms with Gasteiger partial charge in [0, 0.05) is 6.42 Å². The van der Waals surface area contributed by atoms with Gasteiger partial charge >= 0.3 is 5.97 Å². The molecular weight excluding hydrogens is 208 g/mol. The van der Waals surface area contributed by atoms with Crippen molar-refractivity contribution < 1.29 is 9.53 Å². The topological polar surface area (TPSA) is 26.3 Å². The van der Waals surface area contributed by atoms with E-state index < -0.39 is 0 Å². The van der Waals surface area contributed by atoms with Crippen molar-refractivity contribution in [3.8, 4) is 0 Å². The quantitative estimate of drug-likeness (QED) is 0.729. The van der Waals surface area contributed by atoms with Crippen LogP contribution in [-0.2, 0) is 16.0 Å². The summed E-state index contributed by atoms with van der Waals surface area (Å²) >= 11 is 1.66. The first-order valence-electron chi connectivity index (χ1n) is 4.89. The molecule has 0 radical (unpaired) electrons. The van der Waals surface area contributed by atoms with Crippen LogP contribution in [0.4, 0.5) is 0 Å². The van der Waals surface area contributed by atoms with Crippen molar-refractivity contribution in [2.24, 2.45) is 5.92 Å². The fourth-order valence-electron chi connectivity index (χ4n) is 1.39. The van der Waals surface area contributed by atoms with Gasteiger partial charge in [-0.05, 0) is 22.4 Å². The normalized spacial score (nSPS) is 14.7. The molecule has 0 N–H and O–H groups in total. The van der Waals surface area contributed by atoms with Crippen molar-refractivity contribution in [2.45, 2.75) is 6.42 Å². The van der Waals surface area contributed by atoms with Gasteiger partial charge in [-0.15, -0.1) is 0 Å². The number of thiophene rings is 1. The predicted molar refractivity (Wildman–Crippen MR) is 60.8 cm³/mol. The highest BCUT2D eigenvalue weighted by Gasteiger charge is 2.15. The monoisotopic (exact) mass is 220 g/mol. The molecule has 1 aliphatic rings. The highest BCUT2D eigenvalue weighted by Crippen LogP contribution is 2.11. The van der Waals surface area contributed by atoms with E-state index in [0.29, 0.717) is 6.61 Å².